The summed E-state index contributed by atoms with van der Waals surface area (Å²) in [6, 6.07) is -2.98. The molecule has 30 N–H and O–H groups in total. The molecule has 4 aliphatic heterocycles. The number of nitrogens with one attached hydrogen (secondary N) is 17. The minimum absolute atomic E-state index is 0.00443. The predicted octanol–water partition coefficient (Wildman–Crippen LogP) is -11.4. The van der Waals surface area contributed by atoms with E-state index in [0.717, 1.165) is 52.8 Å². The number of aliphatic carboxylic acids is 1. The summed E-state index contributed by atoms with van der Waals surface area (Å²) in [5.74, 6) is -18.7. The molecule has 0 bridgehead atoms. The SMILES string of the molecule is CC(=O)NCSC[C@H](NC(=O)[C@H](CO)NC(=O)[C@H](CC(=O)N[C@@H]1O[C@H](CO)[C@@H](O[C@@H]2O[C@H](CO)[C@@H](O)[C@H](O)[C@H]2NC(C)=O)[C@H](O)[C@H]1NC(C)=O)NC(=O)CNC(=O)[C@H](CCCNC(=N)N)NC(=O)[C@@H]1CSCN1C(=O)OCC1c2ccccc2-c2ccccc21)C(=O)N[C@@H](CCCNC(=N)N)C(=O)N1CCC[C@H]1C(=O)NCC(=O)N[C@@H](CCC(N)=O)C(=O)N[C@@H](C[Se])C(=O)O. The Morgan fingerprint density at radius 1 is 0.577 bits per heavy atom. The molecule has 0 unspecified atom stereocenters. The quantitative estimate of drug-likeness (QED) is 0.00962. The second kappa shape index (κ2) is 51.9. The van der Waals surface area contributed by atoms with Crippen molar-refractivity contribution < 1.29 is 136 Å². The third-order valence-corrected chi connectivity index (χ3v) is 23.7. The normalized spacial score (nSPS) is 22.4. The number of fused-ring (bicyclic) bond motifs is 3. The third kappa shape index (κ3) is 31.2. The summed E-state index contributed by atoms with van der Waals surface area (Å²) in [6.45, 7) is -2.37. The number of hydrogen-bond donors (Lipinski definition) is 27. The Bertz CT molecular complexity index is 4360. The number of carbonyl (C=O) groups excluding carboxylic acids is 16. The average molecular weight is 1940 g/mol. The van der Waals surface area contributed by atoms with Crippen molar-refractivity contribution in [1.29, 1.82) is 10.8 Å². The Morgan fingerprint density at radius 3 is 1.72 bits per heavy atom. The molecule has 4 saturated heterocycles. The van der Waals surface area contributed by atoms with E-state index in [1.165, 1.54) is 23.6 Å². The van der Waals surface area contributed by atoms with Gasteiger partial charge in [-0.2, -0.15) is 0 Å². The molecule has 2 aromatic carbocycles. The molecule has 717 valence electrons. The van der Waals surface area contributed by atoms with Crippen molar-refractivity contribution in [3.05, 3.63) is 59.7 Å². The van der Waals surface area contributed by atoms with Crippen LogP contribution in [0.4, 0.5) is 4.79 Å². The Hall–Kier alpha value is -11.4. The molecule has 50 nitrogen and oxygen atoms in total. The molecule has 0 aromatic heterocycles. The number of guanidine groups is 2. The summed E-state index contributed by atoms with van der Waals surface area (Å²) in [5, 5.41) is 126. The van der Waals surface area contributed by atoms with Gasteiger partial charge in [-0.25, -0.2) is 4.79 Å². The van der Waals surface area contributed by atoms with E-state index in [2.05, 4.69) is 95.8 Å². The van der Waals surface area contributed by atoms with E-state index < -0.39 is 280 Å². The molecule has 7 rings (SSSR count). The second-order valence-corrected chi connectivity index (χ2v) is 33.4. The number of ether oxygens (including phenoxy) is 4. The summed E-state index contributed by atoms with van der Waals surface area (Å²) >= 11 is 4.51. The number of nitrogens with zero attached hydrogens (tertiary/aromatic N) is 2. The van der Waals surface area contributed by atoms with Gasteiger partial charge in [0.15, 0.2) is 24.4 Å². The maximum atomic E-state index is 14.9. The van der Waals surface area contributed by atoms with Crippen molar-refractivity contribution in [1.82, 2.24) is 89.6 Å². The van der Waals surface area contributed by atoms with Gasteiger partial charge in [-0.05, 0) is 54.4 Å². The van der Waals surface area contributed by atoms with Gasteiger partial charge in [-0.1, -0.05) is 48.5 Å². The van der Waals surface area contributed by atoms with Gasteiger partial charge in [-0.3, -0.25) is 68.5 Å². The van der Waals surface area contributed by atoms with E-state index in [1.807, 2.05) is 48.5 Å². The topological polar surface area (TPSA) is 781 Å². The van der Waals surface area contributed by atoms with Gasteiger partial charge in [-0.15, -0.1) is 23.5 Å². The molecular formula is C77H113N22O28S2Se. The second-order valence-electron chi connectivity index (χ2n) is 30.7. The summed E-state index contributed by atoms with van der Waals surface area (Å²) in [6.07, 6.45) is -17.9. The van der Waals surface area contributed by atoms with E-state index in [9.17, 15) is 117 Å². The Labute approximate surface area is 760 Å². The number of carboxylic acids is 1. The molecule has 1 radical (unpaired) electrons. The van der Waals surface area contributed by atoms with E-state index in [1.54, 1.807) is 0 Å². The minimum atomic E-state index is -2.24. The molecule has 19 atom stereocenters. The van der Waals surface area contributed by atoms with Crippen molar-refractivity contribution in [2.45, 2.75) is 205 Å². The van der Waals surface area contributed by atoms with Gasteiger partial charge in [0.05, 0.1) is 44.5 Å². The number of carbonyl (C=O) groups is 17. The fourth-order valence-electron chi connectivity index (χ4n) is 14.6. The number of benzene rings is 2. The molecule has 53 heteroatoms. The van der Waals surface area contributed by atoms with Crippen LogP contribution in [0.15, 0.2) is 48.5 Å². The first kappa shape index (κ1) is 106. The predicted molar refractivity (Wildman–Crippen MR) is 458 cm³/mol. The molecule has 5 aliphatic rings. The van der Waals surface area contributed by atoms with Crippen LogP contribution >= 0.6 is 23.5 Å². The maximum absolute atomic E-state index is 14.9. The van der Waals surface area contributed by atoms with Gasteiger partial charge >= 0.3 is 157 Å². The number of aliphatic hydroxyl groups is 6. The first-order valence-corrected chi connectivity index (χ1v) is 44.7. The zero-order chi connectivity index (χ0) is 95.8. The monoisotopic (exact) mass is 1940 g/mol. The average Bonchev–Trinajstić information content (AvgIpc) is 1.69. The van der Waals surface area contributed by atoms with E-state index in [-0.39, 0.29) is 99.9 Å². The molecule has 1 aliphatic carbocycles. The standard InChI is InChI=1S/C77H113N22O28S2Se/c1-35(103)87-33-128-30-48(68(117)93-45(16-9-21-84-76(81)82)72(120)98-22-10-17-50(98)69(118)86-25-56(108)90-44(18-19-54(78)106)65(114)96-49(32-130)73(121)122)95-67(116)47(26-100)94-66(115)46(23-55(107)97-71-58(88-36(2)104)62(112)63(53(28-102)125-71)127-74-59(89-37(3)105)61(111)60(110)52(27-101)126-74)91-57(109)24-85-64(113)43(15-8-20-83-75(79)80)92-70(119)51-31-129-34-99(51)77(123)124-29-42-40-13-6-4-11-38(40)39-12-5-7-14-41(39)42/h4-7,11-14,42-53,58-63,71,74,100-102,110-112H,8-10,15-34H2,1-3H3,(H2,78,106)(H,85,113)(H,86,118)(H,87,103)(H,88,104)(H,89,105)(H,90,108)(H,91,109)(H,92,119)(H,93,117)(H,94,115)(H,95,116)(H,96,114)(H,97,107)(H,121,122)(H4,79,80,83)(H4,81,82,84)/t43-,44-,45-,46-,47-,48-,49-,50-,51-,52+,53+,58+,59+,60+,61+,62+,63+,71+,74-/m0/s1. The van der Waals surface area contributed by atoms with E-state index in [4.69, 9.17) is 47.0 Å². The van der Waals surface area contributed by atoms with Crippen molar-refractivity contribution in [2.24, 2.45) is 17.2 Å². The van der Waals surface area contributed by atoms with Crippen LogP contribution in [0.2, 0.25) is 5.32 Å². The number of likely N-dealkylation sites (tertiary alicyclic amines) is 1. The van der Waals surface area contributed by atoms with Gasteiger partial charge in [0.25, 0.3) is 0 Å². The number of carboxylic acid groups (broad SMARTS) is 1. The van der Waals surface area contributed by atoms with Crippen molar-refractivity contribution >= 4 is 152 Å². The van der Waals surface area contributed by atoms with Crippen LogP contribution in [0.5, 0.6) is 0 Å². The van der Waals surface area contributed by atoms with E-state index >= 15 is 0 Å². The van der Waals surface area contributed by atoms with Crippen LogP contribution in [-0.4, -0.2) is 372 Å². The number of amides is 16. The number of rotatable bonds is 48. The van der Waals surface area contributed by atoms with Crippen LogP contribution < -0.4 is 97.0 Å². The molecule has 16 amide bonds. The van der Waals surface area contributed by atoms with Crippen LogP contribution in [0.25, 0.3) is 11.1 Å². The summed E-state index contributed by atoms with van der Waals surface area (Å²) in [4.78, 5) is 234. The van der Waals surface area contributed by atoms with Crippen molar-refractivity contribution in [2.75, 3.05) is 82.4 Å². The summed E-state index contributed by atoms with van der Waals surface area (Å²) in [5.41, 5.74) is 20.1. The van der Waals surface area contributed by atoms with Gasteiger partial charge in [0.1, 0.15) is 91.6 Å². The zero-order valence-electron chi connectivity index (χ0n) is 71.0. The van der Waals surface area contributed by atoms with Crippen molar-refractivity contribution in [3.8, 4) is 11.1 Å². The number of aliphatic hydroxyl groups excluding tert-OH is 6. The molecule has 130 heavy (non-hydrogen) atoms. The fourth-order valence-corrected chi connectivity index (χ4v) is 17.1. The number of primary amides is 1. The molecule has 0 spiro atoms. The Morgan fingerprint density at radius 2 is 1.13 bits per heavy atom. The zero-order valence-corrected chi connectivity index (χ0v) is 74.3. The van der Waals surface area contributed by atoms with Crippen LogP contribution in [0.1, 0.15) is 95.6 Å². The Balaban J connectivity index is 1.13. The first-order valence-electron chi connectivity index (χ1n) is 41.2. The molecule has 0 saturated carbocycles. The van der Waals surface area contributed by atoms with Crippen LogP contribution in [-0.2, 0) is 95.7 Å². The van der Waals surface area contributed by atoms with Gasteiger partial charge in [0, 0.05) is 57.8 Å². The Kier molecular flexibility index (Phi) is 42.2. The number of hydrogen-bond acceptors (Lipinski definition) is 31. The van der Waals surface area contributed by atoms with Gasteiger partial charge < -0.3 is 125 Å². The van der Waals surface area contributed by atoms with Crippen LogP contribution in [0, 0.1) is 10.8 Å². The first-order chi connectivity index (χ1) is 61.8. The van der Waals surface area contributed by atoms with E-state index in [0.29, 0.717) is 0 Å². The number of thioether (sulfide) groups is 2. The molecule has 4 heterocycles. The summed E-state index contributed by atoms with van der Waals surface area (Å²) < 4.78 is 23.5. The molecular weight excluding hydrogens is 1820 g/mol. The van der Waals surface area contributed by atoms with Gasteiger partial charge in [0.2, 0.25) is 65.0 Å². The third-order valence-electron chi connectivity index (χ3n) is 21.1. The fraction of sp³-hybridized carbons (Fsp3) is 0.597. The molecule has 2 aromatic rings. The summed E-state index contributed by atoms with van der Waals surface area (Å²) in [7, 11) is 0. The number of nitrogens with two attached hydrogens (primary N) is 3. The van der Waals surface area contributed by atoms with Crippen molar-refractivity contribution in [3.63, 3.8) is 0 Å². The van der Waals surface area contributed by atoms with Crippen LogP contribution in [0.3, 0.4) is 0 Å². The molecule has 4 fully saturated rings.